The van der Waals surface area contributed by atoms with Gasteiger partial charge < -0.3 is 5.32 Å². The second-order valence-electron chi connectivity index (χ2n) is 1.66. The quantitative estimate of drug-likeness (QED) is 0.498. The fraction of sp³-hybridized carbons (Fsp3) is 0.500. The molecule has 0 aromatic carbocycles. The molecule has 0 aromatic rings. The smallest absolute Gasteiger partial charge is 0 e. The van der Waals surface area contributed by atoms with E-state index in [0.29, 0.717) is 0 Å². The Morgan fingerprint density at radius 2 is 2.38 bits per heavy atom. The normalized spacial score (nSPS) is 18.0. The summed E-state index contributed by atoms with van der Waals surface area (Å²) in [6, 6.07) is 0. The van der Waals surface area contributed by atoms with Crippen molar-refractivity contribution in [2.45, 2.75) is 6.42 Å². The van der Waals surface area contributed by atoms with Crippen molar-refractivity contribution < 1.29 is 18.6 Å². The van der Waals surface area contributed by atoms with Gasteiger partial charge in [-0.05, 0) is 6.54 Å². The van der Waals surface area contributed by atoms with Crippen molar-refractivity contribution in [1.29, 1.82) is 0 Å². The maximum absolute atomic E-state index is 3.23. The number of nitrogens with one attached hydrogen (secondary N) is 1. The minimum atomic E-state index is 0. The molecule has 1 radical (unpaired) electrons. The first-order chi connectivity index (χ1) is 3.50. The standard InChI is InChI=1S/C6H10N.V/c1-2-4-6-7-5-3-1;/h1-3,7H,4-6H2;/q-1;. The molecule has 0 unspecified atom stereocenters. The largest absolute Gasteiger partial charge is 0.331 e. The Hall–Kier alpha value is 0.154. The topological polar surface area (TPSA) is 12.0 Å². The fourth-order valence-corrected chi connectivity index (χ4v) is 0.631. The monoisotopic (exact) mass is 147 g/mol. The zero-order valence-corrected chi connectivity index (χ0v) is 6.20. The van der Waals surface area contributed by atoms with Gasteiger partial charge in [0.2, 0.25) is 0 Å². The molecule has 0 aliphatic carbocycles. The molecule has 0 amide bonds. The third-order valence-electron chi connectivity index (χ3n) is 1.02. The van der Waals surface area contributed by atoms with Gasteiger partial charge in [-0.3, -0.25) is 0 Å². The van der Waals surface area contributed by atoms with Gasteiger partial charge in [0.15, 0.2) is 0 Å². The average Bonchev–Trinajstić information content (AvgIpc) is 1.90. The molecule has 0 fully saturated rings. The average molecular weight is 147 g/mol. The second kappa shape index (κ2) is 5.29. The third kappa shape index (κ3) is 3.19. The summed E-state index contributed by atoms with van der Waals surface area (Å²) < 4.78 is 0. The van der Waals surface area contributed by atoms with Crippen molar-refractivity contribution in [3.05, 3.63) is 18.6 Å². The molecule has 8 heavy (non-hydrogen) atoms. The predicted molar refractivity (Wildman–Crippen MR) is 30.9 cm³/mol. The fourth-order valence-electron chi connectivity index (χ4n) is 0.631. The summed E-state index contributed by atoms with van der Waals surface area (Å²) in [6.45, 7) is 2.17. The Kier molecular flexibility index (Phi) is 5.40. The maximum Gasteiger partial charge on any atom is 0 e. The Morgan fingerprint density at radius 3 is 3.25 bits per heavy atom. The zero-order chi connectivity index (χ0) is 4.95. The van der Waals surface area contributed by atoms with Gasteiger partial charge in [0, 0.05) is 18.6 Å². The SMILES string of the molecule is C1=CCNCC[CH-]1.[V]. The Labute approximate surface area is 62.4 Å². The molecule has 0 spiro atoms. The number of allylic oxidation sites excluding steroid dienone is 1. The molecule has 0 saturated carbocycles. The number of rotatable bonds is 0. The van der Waals surface area contributed by atoms with Crippen molar-refractivity contribution >= 4 is 0 Å². The van der Waals surface area contributed by atoms with E-state index in [0.717, 1.165) is 13.1 Å². The molecular weight excluding hydrogens is 137 g/mol. The molecule has 1 rings (SSSR count). The first-order valence-electron chi connectivity index (χ1n) is 2.69. The molecule has 0 aromatic heterocycles. The van der Waals surface area contributed by atoms with E-state index in [2.05, 4.69) is 23.9 Å². The second-order valence-corrected chi connectivity index (χ2v) is 1.66. The molecule has 0 bridgehead atoms. The van der Waals surface area contributed by atoms with E-state index in [1.165, 1.54) is 6.42 Å². The molecular formula is C6H10NV-. The van der Waals surface area contributed by atoms with Crippen LogP contribution < -0.4 is 5.32 Å². The molecule has 0 atom stereocenters. The first kappa shape index (κ1) is 8.15. The molecule has 1 N–H and O–H groups in total. The van der Waals surface area contributed by atoms with Gasteiger partial charge in [0.25, 0.3) is 0 Å². The first-order valence-corrected chi connectivity index (χ1v) is 2.69. The van der Waals surface area contributed by atoms with Crippen molar-refractivity contribution in [2.75, 3.05) is 13.1 Å². The molecule has 1 nitrogen and oxygen atoms in total. The van der Waals surface area contributed by atoms with Crippen molar-refractivity contribution in [3.63, 3.8) is 0 Å². The summed E-state index contributed by atoms with van der Waals surface area (Å²) in [5.74, 6) is 0. The van der Waals surface area contributed by atoms with Gasteiger partial charge in [0.1, 0.15) is 0 Å². The van der Waals surface area contributed by atoms with Gasteiger partial charge in [-0.1, -0.05) is 13.0 Å². The van der Waals surface area contributed by atoms with Gasteiger partial charge in [-0.15, -0.1) is 0 Å². The van der Waals surface area contributed by atoms with Crippen molar-refractivity contribution in [3.8, 4) is 0 Å². The van der Waals surface area contributed by atoms with E-state index < -0.39 is 0 Å². The van der Waals surface area contributed by atoms with Crippen LogP contribution in [0.3, 0.4) is 0 Å². The van der Waals surface area contributed by atoms with Crippen LogP contribution in [0.5, 0.6) is 0 Å². The number of hydrogen-bond acceptors (Lipinski definition) is 1. The summed E-state index contributed by atoms with van der Waals surface area (Å²) >= 11 is 0. The van der Waals surface area contributed by atoms with Gasteiger partial charge >= 0.3 is 0 Å². The van der Waals surface area contributed by atoms with Crippen LogP contribution in [0.2, 0.25) is 0 Å². The zero-order valence-electron chi connectivity index (χ0n) is 4.80. The Morgan fingerprint density at radius 1 is 1.50 bits per heavy atom. The van der Waals surface area contributed by atoms with Crippen LogP contribution >= 0.6 is 0 Å². The van der Waals surface area contributed by atoms with Crippen LogP contribution in [0.15, 0.2) is 12.2 Å². The van der Waals surface area contributed by atoms with E-state index in [-0.39, 0.29) is 18.6 Å². The van der Waals surface area contributed by atoms with Gasteiger partial charge in [-0.2, -0.15) is 0 Å². The third-order valence-corrected chi connectivity index (χ3v) is 1.02. The predicted octanol–water partition coefficient (Wildman–Crippen LogP) is 0.738. The molecule has 1 heterocycles. The summed E-state index contributed by atoms with van der Waals surface area (Å²) in [7, 11) is 0. The van der Waals surface area contributed by atoms with Gasteiger partial charge in [0.05, 0.1) is 0 Å². The van der Waals surface area contributed by atoms with Crippen LogP contribution in [0, 0.1) is 6.42 Å². The minimum absolute atomic E-state index is 0. The van der Waals surface area contributed by atoms with E-state index >= 15 is 0 Å². The maximum atomic E-state index is 3.23. The van der Waals surface area contributed by atoms with Crippen molar-refractivity contribution in [1.82, 2.24) is 5.32 Å². The van der Waals surface area contributed by atoms with E-state index in [1.54, 1.807) is 0 Å². The summed E-state index contributed by atoms with van der Waals surface area (Å²) in [5, 5.41) is 3.23. The van der Waals surface area contributed by atoms with E-state index in [4.69, 9.17) is 0 Å². The van der Waals surface area contributed by atoms with Crippen LogP contribution in [-0.4, -0.2) is 13.1 Å². The van der Waals surface area contributed by atoms with Crippen LogP contribution in [0.25, 0.3) is 0 Å². The van der Waals surface area contributed by atoms with E-state index in [9.17, 15) is 0 Å². The molecule has 2 heteroatoms. The van der Waals surface area contributed by atoms with Crippen LogP contribution in [0.4, 0.5) is 0 Å². The Bertz CT molecular complexity index is 62.9. The summed E-state index contributed by atoms with van der Waals surface area (Å²) in [5.41, 5.74) is 0. The van der Waals surface area contributed by atoms with Crippen LogP contribution in [0.1, 0.15) is 6.42 Å². The molecule has 0 saturated heterocycles. The minimum Gasteiger partial charge on any atom is -0.331 e. The molecule has 1 aliphatic rings. The van der Waals surface area contributed by atoms with E-state index in [1.807, 2.05) is 0 Å². The number of hydrogen-bond donors (Lipinski definition) is 1. The van der Waals surface area contributed by atoms with Crippen molar-refractivity contribution in [2.24, 2.45) is 0 Å². The molecule has 45 valence electrons. The summed E-state index contributed by atoms with van der Waals surface area (Å²) in [6.07, 6.45) is 7.60. The van der Waals surface area contributed by atoms with Crippen LogP contribution in [-0.2, 0) is 18.6 Å². The molecule has 1 aliphatic heterocycles. The summed E-state index contributed by atoms with van der Waals surface area (Å²) in [4.78, 5) is 0. The van der Waals surface area contributed by atoms with Gasteiger partial charge in [-0.25, -0.2) is 18.6 Å². The Balaban J connectivity index is 0.000000490.